The summed E-state index contributed by atoms with van der Waals surface area (Å²) >= 11 is 5.99. The molecule has 0 radical (unpaired) electrons. The first-order valence-corrected chi connectivity index (χ1v) is 9.13. The van der Waals surface area contributed by atoms with Gasteiger partial charge in [-0.2, -0.15) is 0 Å². The van der Waals surface area contributed by atoms with Gasteiger partial charge < -0.3 is 19.7 Å². The number of carbonyl (C=O) groups excluding carboxylic acids is 3. The number of hydrogen-bond donors (Lipinski definition) is 1. The average molecular weight is 422 g/mol. The van der Waals surface area contributed by atoms with Crippen LogP contribution in [-0.4, -0.2) is 72.4 Å². The molecule has 0 aliphatic carbocycles. The highest BCUT2D eigenvalue weighted by molar-refractivity contribution is 6.31. The van der Waals surface area contributed by atoms with E-state index in [4.69, 9.17) is 21.1 Å². The summed E-state index contributed by atoms with van der Waals surface area (Å²) in [5.74, 6) is -1.09. The number of halogens is 1. The average Bonchev–Trinajstić information content (AvgIpc) is 3.18. The van der Waals surface area contributed by atoms with Gasteiger partial charge in [0.05, 0.1) is 18.9 Å². The van der Waals surface area contributed by atoms with Crippen LogP contribution in [-0.2, 0) is 14.3 Å². The Labute approximate surface area is 169 Å². The largest absolute Gasteiger partial charge is 0.482 e. The molecule has 3 amide bonds. The van der Waals surface area contributed by atoms with E-state index in [-0.39, 0.29) is 24.7 Å². The molecule has 1 aromatic carbocycles. The highest BCUT2D eigenvalue weighted by Crippen LogP contribution is 2.34. The molecule has 2 aliphatic rings. The molecule has 11 nitrogen and oxygen atoms in total. The van der Waals surface area contributed by atoms with Gasteiger partial charge in [-0.15, -0.1) is 0 Å². The van der Waals surface area contributed by atoms with Gasteiger partial charge >= 0.3 is 0 Å². The molecule has 1 saturated heterocycles. The molecule has 2 aliphatic heterocycles. The lowest BCUT2D eigenvalue weighted by Gasteiger charge is -2.29. The third-order valence-electron chi connectivity index (χ3n) is 4.41. The molecule has 1 aromatic heterocycles. The van der Waals surface area contributed by atoms with E-state index in [1.807, 2.05) is 0 Å². The van der Waals surface area contributed by atoms with Gasteiger partial charge in [0.25, 0.3) is 11.8 Å². The standard InChI is InChI=1S/C17H16ClN5O6/c18-10-1-2-12-11(7-10)23(14(25)9-28-12)8-13(24)19-16-15(20-29-21-16)17(26)22-3-5-27-6-4-22/h1-2,7H,3-6,8-9H2,(H,19,21,24). The van der Waals surface area contributed by atoms with Crippen LogP contribution in [0, 0.1) is 0 Å². The summed E-state index contributed by atoms with van der Waals surface area (Å²) in [5.41, 5.74) is 0.267. The predicted octanol–water partition coefficient (Wildman–Crippen LogP) is 0.559. The molecule has 0 atom stereocenters. The normalized spacial score (nSPS) is 16.2. The third kappa shape index (κ3) is 4.00. The number of fused-ring (bicyclic) bond motifs is 1. The van der Waals surface area contributed by atoms with Crippen LogP contribution in [0.5, 0.6) is 5.75 Å². The van der Waals surface area contributed by atoms with Gasteiger partial charge in [-0.1, -0.05) is 11.6 Å². The van der Waals surface area contributed by atoms with Crippen molar-refractivity contribution in [2.75, 3.05) is 49.7 Å². The first-order chi connectivity index (χ1) is 14.0. The van der Waals surface area contributed by atoms with E-state index in [2.05, 4.69) is 20.3 Å². The Hall–Kier alpha value is -3.18. The second kappa shape index (κ2) is 8.05. The van der Waals surface area contributed by atoms with Crippen LogP contribution < -0.4 is 15.0 Å². The van der Waals surface area contributed by atoms with Gasteiger partial charge in [0, 0.05) is 18.1 Å². The topological polar surface area (TPSA) is 127 Å². The maximum absolute atomic E-state index is 12.6. The highest BCUT2D eigenvalue weighted by Gasteiger charge is 2.30. The molecule has 152 valence electrons. The van der Waals surface area contributed by atoms with E-state index >= 15 is 0 Å². The molecule has 1 N–H and O–H groups in total. The number of morpholine rings is 1. The zero-order valence-corrected chi connectivity index (χ0v) is 15.8. The third-order valence-corrected chi connectivity index (χ3v) is 4.65. The van der Waals surface area contributed by atoms with Crippen molar-refractivity contribution in [3.8, 4) is 5.75 Å². The molecule has 12 heteroatoms. The van der Waals surface area contributed by atoms with Crippen LogP contribution in [0.2, 0.25) is 5.02 Å². The Balaban J connectivity index is 1.47. The number of rotatable bonds is 4. The van der Waals surface area contributed by atoms with Crippen molar-refractivity contribution < 1.29 is 28.5 Å². The number of anilines is 2. The van der Waals surface area contributed by atoms with Gasteiger partial charge in [0.2, 0.25) is 17.4 Å². The fourth-order valence-electron chi connectivity index (χ4n) is 2.99. The maximum atomic E-state index is 12.6. The van der Waals surface area contributed by atoms with Crippen LogP contribution in [0.25, 0.3) is 0 Å². The van der Waals surface area contributed by atoms with E-state index in [9.17, 15) is 14.4 Å². The minimum absolute atomic E-state index is 0.112. The smallest absolute Gasteiger partial charge is 0.280 e. The van der Waals surface area contributed by atoms with Crippen LogP contribution in [0.3, 0.4) is 0 Å². The molecule has 2 aromatic rings. The molecular formula is C17H16ClN5O6. The minimum Gasteiger partial charge on any atom is -0.482 e. The second-order valence-corrected chi connectivity index (χ2v) is 6.73. The van der Waals surface area contributed by atoms with E-state index in [1.165, 1.54) is 15.9 Å². The Morgan fingerprint density at radius 2 is 2.00 bits per heavy atom. The number of nitrogens with one attached hydrogen (secondary N) is 1. The summed E-state index contributed by atoms with van der Waals surface area (Å²) in [5, 5.41) is 10.1. The number of nitrogens with zero attached hydrogens (tertiary/aromatic N) is 4. The van der Waals surface area contributed by atoms with Crippen LogP contribution in [0.15, 0.2) is 22.8 Å². The number of hydrogen-bond acceptors (Lipinski definition) is 8. The summed E-state index contributed by atoms with van der Waals surface area (Å²) in [6.45, 7) is 1.11. The summed E-state index contributed by atoms with van der Waals surface area (Å²) < 4.78 is 15.2. The van der Waals surface area contributed by atoms with Crippen molar-refractivity contribution in [1.82, 2.24) is 15.2 Å². The molecule has 0 bridgehead atoms. The molecule has 1 fully saturated rings. The lowest BCUT2D eigenvalue weighted by atomic mass is 10.2. The van der Waals surface area contributed by atoms with E-state index < -0.39 is 17.7 Å². The maximum Gasteiger partial charge on any atom is 0.280 e. The van der Waals surface area contributed by atoms with Crippen LogP contribution >= 0.6 is 11.6 Å². The first-order valence-electron chi connectivity index (χ1n) is 8.75. The number of ether oxygens (including phenoxy) is 2. The van der Waals surface area contributed by atoms with Crippen molar-refractivity contribution in [3.63, 3.8) is 0 Å². The zero-order chi connectivity index (χ0) is 20.4. The quantitative estimate of drug-likeness (QED) is 0.758. The second-order valence-electron chi connectivity index (χ2n) is 6.29. The molecular weight excluding hydrogens is 406 g/mol. The van der Waals surface area contributed by atoms with Gasteiger partial charge in [-0.3, -0.25) is 19.3 Å². The number of amides is 3. The number of carbonyl (C=O) groups is 3. The van der Waals surface area contributed by atoms with E-state index in [1.54, 1.807) is 12.1 Å². The van der Waals surface area contributed by atoms with Crippen LogP contribution in [0.1, 0.15) is 10.5 Å². The summed E-state index contributed by atoms with van der Waals surface area (Å²) in [6, 6.07) is 4.78. The molecule has 4 rings (SSSR count). The van der Waals surface area contributed by atoms with Gasteiger partial charge in [-0.05, 0) is 28.5 Å². The van der Waals surface area contributed by atoms with Crippen molar-refractivity contribution >= 4 is 40.8 Å². The van der Waals surface area contributed by atoms with Crippen molar-refractivity contribution in [2.24, 2.45) is 0 Å². The van der Waals surface area contributed by atoms with Gasteiger partial charge in [0.1, 0.15) is 12.3 Å². The van der Waals surface area contributed by atoms with E-state index in [0.717, 1.165) is 0 Å². The van der Waals surface area contributed by atoms with Crippen LogP contribution in [0.4, 0.5) is 11.5 Å². The Bertz CT molecular complexity index is 958. The monoisotopic (exact) mass is 421 g/mol. The summed E-state index contributed by atoms with van der Waals surface area (Å²) in [7, 11) is 0. The number of benzene rings is 1. The zero-order valence-electron chi connectivity index (χ0n) is 15.1. The summed E-state index contributed by atoms with van der Waals surface area (Å²) in [6.07, 6.45) is 0. The molecule has 0 saturated carbocycles. The van der Waals surface area contributed by atoms with E-state index in [0.29, 0.717) is 42.8 Å². The van der Waals surface area contributed by atoms with Crippen molar-refractivity contribution in [2.45, 2.75) is 0 Å². The lowest BCUT2D eigenvalue weighted by molar-refractivity contribution is -0.123. The first kappa shape index (κ1) is 19.2. The molecule has 29 heavy (non-hydrogen) atoms. The minimum atomic E-state index is -0.585. The Morgan fingerprint density at radius 3 is 2.79 bits per heavy atom. The molecule has 0 unspecified atom stereocenters. The SMILES string of the molecule is O=C(CN1C(=O)COc2ccc(Cl)cc21)Nc1nonc1C(=O)N1CCOCC1. The van der Waals surface area contributed by atoms with Crippen molar-refractivity contribution in [1.29, 1.82) is 0 Å². The van der Waals surface area contributed by atoms with Gasteiger partial charge in [0.15, 0.2) is 6.61 Å². The Kier molecular flexibility index (Phi) is 5.32. The Morgan fingerprint density at radius 1 is 1.21 bits per heavy atom. The fraction of sp³-hybridized carbons (Fsp3) is 0.353. The summed E-state index contributed by atoms with van der Waals surface area (Å²) in [4.78, 5) is 40.1. The van der Waals surface area contributed by atoms with Crippen molar-refractivity contribution in [3.05, 3.63) is 28.9 Å². The number of aromatic nitrogens is 2. The van der Waals surface area contributed by atoms with Gasteiger partial charge in [-0.25, -0.2) is 4.63 Å². The lowest BCUT2D eigenvalue weighted by Crippen LogP contribution is -2.44. The predicted molar refractivity (Wildman–Crippen MR) is 99.0 cm³/mol. The fourth-order valence-corrected chi connectivity index (χ4v) is 3.16. The molecule has 0 spiro atoms. The molecule has 3 heterocycles. The highest BCUT2D eigenvalue weighted by atomic mass is 35.5.